The van der Waals surface area contributed by atoms with E-state index >= 15 is 0 Å². The summed E-state index contributed by atoms with van der Waals surface area (Å²) in [7, 11) is 0. The van der Waals surface area contributed by atoms with Gasteiger partial charge in [0.25, 0.3) is 0 Å². The maximum atomic E-state index is 12.0. The van der Waals surface area contributed by atoms with Gasteiger partial charge in [0.2, 0.25) is 5.91 Å². The van der Waals surface area contributed by atoms with Crippen molar-refractivity contribution in [3.05, 3.63) is 64.6 Å². The van der Waals surface area contributed by atoms with Crippen LogP contribution in [0.25, 0.3) is 11.1 Å². The van der Waals surface area contributed by atoms with Gasteiger partial charge >= 0.3 is 5.76 Å². The van der Waals surface area contributed by atoms with Gasteiger partial charge in [-0.3, -0.25) is 9.36 Å². The minimum atomic E-state index is -0.539. The summed E-state index contributed by atoms with van der Waals surface area (Å²) >= 11 is 0. The fraction of sp³-hybridized carbons (Fsp3) is 0.222. The van der Waals surface area contributed by atoms with Gasteiger partial charge in [-0.25, -0.2) is 4.79 Å². The number of rotatable bonds is 6. The zero-order valence-corrected chi connectivity index (χ0v) is 13.3. The number of amides is 1. The van der Waals surface area contributed by atoms with Gasteiger partial charge in [-0.1, -0.05) is 30.3 Å². The standard InChI is InChI=1S/C18H18N2O4/c1-13-6-2-4-8-15(13)23-11-10-19-17(21)12-20-14-7-3-5-9-16(14)24-18(20)22/h2-9H,10-12H2,1H3,(H,19,21). The van der Waals surface area contributed by atoms with Crippen LogP contribution in [0.3, 0.4) is 0 Å². The van der Waals surface area contributed by atoms with E-state index in [1.165, 1.54) is 4.57 Å². The zero-order valence-electron chi connectivity index (χ0n) is 13.3. The molecule has 0 spiro atoms. The predicted molar refractivity (Wildman–Crippen MR) is 90.2 cm³/mol. The highest BCUT2D eigenvalue weighted by atomic mass is 16.5. The maximum Gasteiger partial charge on any atom is 0.420 e. The molecule has 3 rings (SSSR count). The summed E-state index contributed by atoms with van der Waals surface area (Å²) in [6.45, 7) is 2.60. The first-order chi connectivity index (χ1) is 11.6. The number of ether oxygens (including phenoxy) is 1. The number of aromatic nitrogens is 1. The SMILES string of the molecule is Cc1ccccc1OCCNC(=O)Cn1c(=O)oc2ccccc21. The molecule has 1 heterocycles. The van der Waals surface area contributed by atoms with E-state index in [1.807, 2.05) is 31.2 Å². The highest BCUT2D eigenvalue weighted by Crippen LogP contribution is 2.15. The maximum absolute atomic E-state index is 12.0. The molecule has 0 fully saturated rings. The van der Waals surface area contributed by atoms with E-state index in [2.05, 4.69) is 5.32 Å². The summed E-state index contributed by atoms with van der Waals surface area (Å²) in [6, 6.07) is 14.7. The number of nitrogens with one attached hydrogen (secondary N) is 1. The number of fused-ring (bicyclic) bond motifs is 1. The van der Waals surface area contributed by atoms with Crippen LogP contribution in [0, 0.1) is 6.92 Å². The van der Waals surface area contributed by atoms with Crippen molar-refractivity contribution in [2.24, 2.45) is 0 Å². The largest absolute Gasteiger partial charge is 0.491 e. The molecular formula is C18H18N2O4. The van der Waals surface area contributed by atoms with Crippen LogP contribution < -0.4 is 15.8 Å². The monoisotopic (exact) mass is 326 g/mol. The molecule has 1 amide bonds. The van der Waals surface area contributed by atoms with Crippen LogP contribution >= 0.6 is 0 Å². The third-order valence-corrected chi connectivity index (χ3v) is 3.65. The van der Waals surface area contributed by atoms with E-state index in [0.717, 1.165) is 11.3 Å². The summed E-state index contributed by atoms with van der Waals surface area (Å²) < 4.78 is 12.0. The van der Waals surface area contributed by atoms with Crippen molar-refractivity contribution in [1.29, 1.82) is 0 Å². The molecule has 0 unspecified atom stereocenters. The number of benzene rings is 2. The lowest BCUT2D eigenvalue weighted by molar-refractivity contribution is -0.121. The fourth-order valence-corrected chi connectivity index (χ4v) is 2.43. The fourth-order valence-electron chi connectivity index (χ4n) is 2.43. The number of aryl methyl sites for hydroxylation is 1. The summed E-state index contributed by atoms with van der Waals surface area (Å²) in [6.07, 6.45) is 0. The van der Waals surface area contributed by atoms with Gasteiger partial charge < -0.3 is 14.5 Å². The topological polar surface area (TPSA) is 73.5 Å². The molecule has 6 heteroatoms. The number of hydrogen-bond donors (Lipinski definition) is 1. The summed E-state index contributed by atoms with van der Waals surface area (Å²) in [4.78, 5) is 23.8. The van der Waals surface area contributed by atoms with Gasteiger partial charge in [-0.15, -0.1) is 0 Å². The molecule has 0 saturated heterocycles. The molecule has 0 saturated carbocycles. The summed E-state index contributed by atoms with van der Waals surface area (Å²) in [5.41, 5.74) is 2.12. The molecule has 3 aromatic rings. The lowest BCUT2D eigenvalue weighted by atomic mass is 10.2. The van der Waals surface area contributed by atoms with E-state index in [0.29, 0.717) is 24.3 Å². The van der Waals surface area contributed by atoms with Crippen LogP contribution in [-0.2, 0) is 11.3 Å². The van der Waals surface area contributed by atoms with Crippen molar-refractivity contribution in [2.75, 3.05) is 13.2 Å². The van der Waals surface area contributed by atoms with Crippen LogP contribution in [0.15, 0.2) is 57.7 Å². The Kier molecular flexibility index (Phi) is 4.65. The second-order valence-corrected chi connectivity index (χ2v) is 5.39. The average Bonchev–Trinajstić information content (AvgIpc) is 2.89. The Hall–Kier alpha value is -3.02. The molecule has 24 heavy (non-hydrogen) atoms. The Morgan fingerprint density at radius 3 is 2.75 bits per heavy atom. The zero-order chi connectivity index (χ0) is 16.9. The molecular weight excluding hydrogens is 308 g/mol. The molecule has 1 aromatic heterocycles. The molecule has 1 N–H and O–H groups in total. The highest BCUT2D eigenvalue weighted by molar-refractivity contribution is 5.79. The van der Waals surface area contributed by atoms with Crippen molar-refractivity contribution >= 4 is 17.0 Å². The lowest BCUT2D eigenvalue weighted by Gasteiger charge is -2.09. The van der Waals surface area contributed by atoms with Gasteiger partial charge in [0.05, 0.1) is 12.1 Å². The van der Waals surface area contributed by atoms with E-state index in [-0.39, 0.29) is 12.5 Å². The smallest absolute Gasteiger partial charge is 0.420 e. The van der Waals surface area contributed by atoms with Crippen molar-refractivity contribution < 1.29 is 13.9 Å². The third kappa shape index (κ3) is 3.48. The number of oxazole rings is 1. The first kappa shape index (κ1) is 15.9. The Morgan fingerprint density at radius 2 is 1.92 bits per heavy atom. The van der Waals surface area contributed by atoms with Crippen LogP contribution in [0.4, 0.5) is 0 Å². The van der Waals surface area contributed by atoms with Crippen molar-refractivity contribution in [3.8, 4) is 5.75 Å². The minimum Gasteiger partial charge on any atom is -0.491 e. The quantitative estimate of drug-likeness (QED) is 0.704. The van der Waals surface area contributed by atoms with Crippen LogP contribution in [0.5, 0.6) is 5.75 Å². The number of carbonyl (C=O) groups excluding carboxylic acids is 1. The van der Waals surface area contributed by atoms with Gasteiger partial charge in [0.15, 0.2) is 5.58 Å². The molecule has 0 aliphatic rings. The van der Waals surface area contributed by atoms with E-state index in [4.69, 9.17) is 9.15 Å². The second-order valence-electron chi connectivity index (χ2n) is 5.39. The van der Waals surface area contributed by atoms with Crippen molar-refractivity contribution in [3.63, 3.8) is 0 Å². The van der Waals surface area contributed by atoms with Crippen LogP contribution in [-0.4, -0.2) is 23.6 Å². The Balaban J connectivity index is 1.53. The van der Waals surface area contributed by atoms with Gasteiger partial charge in [-0.2, -0.15) is 0 Å². The molecule has 0 bridgehead atoms. The highest BCUT2D eigenvalue weighted by Gasteiger charge is 2.11. The van der Waals surface area contributed by atoms with Crippen molar-refractivity contribution in [1.82, 2.24) is 9.88 Å². The molecule has 0 atom stereocenters. The average molecular weight is 326 g/mol. The molecule has 6 nitrogen and oxygen atoms in total. The van der Waals surface area contributed by atoms with Gasteiger partial charge in [0, 0.05) is 0 Å². The number of para-hydroxylation sites is 3. The number of carbonyl (C=O) groups is 1. The van der Waals surface area contributed by atoms with Crippen molar-refractivity contribution in [2.45, 2.75) is 13.5 Å². The Morgan fingerprint density at radius 1 is 1.17 bits per heavy atom. The van der Waals surface area contributed by atoms with E-state index < -0.39 is 5.76 Å². The molecule has 124 valence electrons. The number of nitrogens with zero attached hydrogens (tertiary/aromatic N) is 1. The second kappa shape index (κ2) is 7.04. The van der Waals surface area contributed by atoms with E-state index in [9.17, 15) is 9.59 Å². The molecule has 0 aliphatic heterocycles. The molecule has 0 aliphatic carbocycles. The first-order valence-corrected chi connectivity index (χ1v) is 7.68. The van der Waals surface area contributed by atoms with Gasteiger partial charge in [-0.05, 0) is 30.7 Å². The normalized spacial score (nSPS) is 10.7. The Bertz CT molecular complexity index is 911. The number of hydrogen-bond acceptors (Lipinski definition) is 4. The molecule has 0 radical (unpaired) electrons. The first-order valence-electron chi connectivity index (χ1n) is 7.68. The molecule has 2 aromatic carbocycles. The predicted octanol–water partition coefficient (Wildman–Crippen LogP) is 2.10. The minimum absolute atomic E-state index is 0.0831. The van der Waals surface area contributed by atoms with E-state index in [1.54, 1.807) is 24.3 Å². The summed E-state index contributed by atoms with van der Waals surface area (Å²) in [5, 5.41) is 2.74. The van der Waals surface area contributed by atoms with Crippen LogP contribution in [0.1, 0.15) is 5.56 Å². The van der Waals surface area contributed by atoms with Crippen LogP contribution in [0.2, 0.25) is 0 Å². The lowest BCUT2D eigenvalue weighted by Crippen LogP contribution is -2.33. The Labute approximate surface area is 138 Å². The third-order valence-electron chi connectivity index (χ3n) is 3.65. The van der Waals surface area contributed by atoms with Gasteiger partial charge in [0.1, 0.15) is 18.9 Å². The summed E-state index contributed by atoms with van der Waals surface area (Å²) in [5.74, 6) is -0.0108.